The van der Waals surface area contributed by atoms with E-state index in [-0.39, 0.29) is 18.3 Å². The summed E-state index contributed by atoms with van der Waals surface area (Å²) in [5.41, 5.74) is 2.38. The van der Waals surface area contributed by atoms with Crippen LogP contribution in [0.1, 0.15) is 0 Å². The zero-order chi connectivity index (χ0) is 20.4. The highest BCUT2D eigenvalue weighted by Gasteiger charge is 2.10. The van der Waals surface area contributed by atoms with Crippen molar-refractivity contribution in [3.05, 3.63) is 76.5 Å². The number of amides is 1. The SMILES string of the molecule is O=C(COc1ccc(Cl)cc1Cl)Nc1ccc2nn(-c3ccc(F)cc3)nc2c1. The van der Waals surface area contributed by atoms with Crippen molar-refractivity contribution in [3.8, 4) is 11.4 Å². The fourth-order valence-electron chi connectivity index (χ4n) is 2.61. The molecule has 4 aromatic rings. The van der Waals surface area contributed by atoms with E-state index in [1.165, 1.54) is 23.0 Å². The molecular weight excluding hydrogens is 418 g/mol. The maximum Gasteiger partial charge on any atom is 0.262 e. The molecule has 1 N–H and O–H groups in total. The van der Waals surface area contributed by atoms with Crippen LogP contribution in [0.25, 0.3) is 16.7 Å². The summed E-state index contributed by atoms with van der Waals surface area (Å²) in [5.74, 6) is -0.331. The number of nitrogens with one attached hydrogen (secondary N) is 1. The van der Waals surface area contributed by atoms with Gasteiger partial charge in [-0.05, 0) is 60.7 Å². The van der Waals surface area contributed by atoms with Crippen molar-refractivity contribution in [2.75, 3.05) is 11.9 Å². The van der Waals surface area contributed by atoms with Crippen LogP contribution in [-0.2, 0) is 4.79 Å². The van der Waals surface area contributed by atoms with E-state index in [0.717, 1.165) is 0 Å². The summed E-state index contributed by atoms with van der Waals surface area (Å²) < 4.78 is 18.5. The molecule has 29 heavy (non-hydrogen) atoms. The molecule has 0 aliphatic rings. The van der Waals surface area contributed by atoms with Gasteiger partial charge in [0, 0.05) is 10.7 Å². The molecule has 0 spiro atoms. The minimum absolute atomic E-state index is 0.221. The molecule has 0 fully saturated rings. The van der Waals surface area contributed by atoms with Gasteiger partial charge in [0.05, 0.1) is 10.7 Å². The summed E-state index contributed by atoms with van der Waals surface area (Å²) in [6, 6.07) is 15.7. The number of anilines is 1. The van der Waals surface area contributed by atoms with Gasteiger partial charge in [-0.25, -0.2) is 4.39 Å². The van der Waals surface area contributed by atoms with Crippen molar-refractivity contribution in [2.45, 2.75) is 0 Å². The van der Waals surface area contributed by atoms with E-state index in [1.807, 2.05) is 0 Å². The number of nitrogens with zero attached hydrogens (tertiary/aromatic N) is 3. The molecule has 0 radical (unpaired) electrons. The Kier molecular flexibility index (Phi) is 5.33. The maximum absolute atomic E-state index is 13.1. The fraction of sp³-hybridized carbons (Fsp3) is 0.0500. The average Bonchev–Trinajstić information content (AvgIpc) is 3.11. The van der Waals surface area contributed by atoms with Gasteiger partial charge in [-0.3, -0.25) is 4.79 Å². The van der Waals surface area contributed by atoms with Gasteiger partial charge < -0.3 is 10.1 Å². The van der Waals surface area contributed by atoms with Crippen LogP contribution in [0.15, 0.2) is 60.7 Å². The Morgan fingerprint density at radius 1 is 1.00 bits per heavy atom. The van der Waals surface area contributed by atoms with Crippen LogP contribution in [0, 0.1) is 5.82 Å². The summed E-state index contributed by atoms with van der Waals surface area (Å²) in [6.45, 7) is -0.221. The molecule has 0 saturated heterocycles. The van der Waals surface area contributed by atoms with E-state index < -0.39 is 0 Å². The lowest BCUT2D eigenvalue weighted by Gasteiger charge is -2.09. The molecule has 9 heteroatoms. The van der Waals surface area contributed by atoms with E-state index in [4.69, 9.17) is 27.9 Å². The third-order valence-corrected chi connectivity index (χ3v) is 4.50. The van der Waals surface area contributed by atoms with Gasteiger partial charge in [-0.15, -0.1) is 10.2 Å². The molecule has 0 saturated carbocycles. The molecular formula is C20H13Cl2FN4O2. The second-order valence-corrected chi connectivity index (χ2v) is 6.92. The number of aromatic nitrogens is 3. The molecule has 1 heterocycles. The Balaban J connectivity index is 1.45. The highest BCUT2D eigenvalue weighted by molar-refractivity contribution is 6.35. The molecule has 0 atom stereocenters. The molecule has 0 aliphatic carbocycles. The second-order valence-electron chi connectivity index (χ2n) is 6.08. The lowest BCUT2D eigenvalue weighted by Crippen LogP contribution is -2.20. The summed E-state index contributed by atoms with van der Waals surface area (Å²) in [5, 5.41) is 12.2. The predicted molar refractivity (Wildman–Crippen MR) is 109 cm³/mol. The van der Waals surface area contributed by atoms with Crippen molar-refractivity contribution in [1.29, 1.82) is 0 Å². The first-order valence-electron chi connectivity index (χ1n) is 8.49. The number of carbonyl (C=O) groups is 1. The van der Waals surface area contributed by atoms with Gasteiger partial charge in [-0.2, -0.15) is 4.80 Å². The van der Waals surface area contributed by atoms with Gasteiger partial charge in [0.25, 0.3) is 5.91 Å². The van der Waals surface area contributed by atoms with Gasteiger partial charge >= 0.3 is 0 Å². The zero-order valence-electron chi connectivity index (χ0n) is 14.8. The number of hydrogen-bond donors (Lipinski definition) is 1. The predicted octanol–water partition coefficient (Wildman–Crippen LogP) is 4.88. The van der Waals surface area contributed by atoms with Crippen molar-refractivity contribution < 1.29 is 13.9 Å². The highest BCUT2D eigenvalue weighted by Crippen LogP contribution is 2.27. The molecule has 4 rings (SSSR count). The summed E-state index contributed by atoms with van der Waals surface area (Å²) in [4.78, 5) is 13.6. The number of benzene rings is 3. The molecule has 0 unspecified atom stereocenters. The van der Waals surface area contributed by atoms with Gasteiger partial charge in [0.15, 0.2) is 6.61 Å². The van der Waals surface area contributed by atoms with E-state index in [1.54, 1.807) is 42.5 Å². The maximum atomic E-state index is 13.1. The fourth-order valence-corrected chi connectivity index (χ4v) is 3.08. The van der Waals surface area contributed by atoms with Crippen molar-refractivity contribution >= 4 is 45.8 Å². The Hall–Kier alpha value is -3.16. The normalized spacial score (nSPS) is 10.9. The third kappa shape index (κ3) is 4.47. The quantitative estimate of drug-likeness (QED) is 0.489. The average molecular weight is 431 g/mol. The largest absolute Gasteiger partial charge is 0.482 e. The van der Waals surface area contributed by atoms with Gasteiger partial charge in [0.1, 0.15) is 22.6 Å². The zero-order valence-corrected chi connectivity index (χ0v) is 16.3. The molecule has 0 bridgehead atoms. The molecule has 1 amide bonds. The van der Waals surface area contributed by atoms with Crippen LogP contribution in [0.2, 0.25) is 10.0 Å². The highest BCUT2D eigenvalue weighted by atomic mass is 35.5. The van der Waals surface area contributed by atoms with Crippen LogP contribution in [0.5, 0.6) is 5.75 Å². The molecule has 146 valence electrons. The first kappa shape index (κ1) is 19.2. The molecule has 3 aromatic carbocycles. The van der Waals surface area contributed by atoms with Crippen LogP contribution in [-0.4, -0.2) is 27.5 Å². The van der Waals surface area contributed by atoms with E-state index >= 15 is 0 Å². The van der Waals surface area contributed by atoms with E-state index in [0.29, 0.717) is 38.2 Å². The number of rotatable bonds is 5. The summed E-state index contributed by atoms with van der Waals surface area (Å²) in [6.07, 6.45) is 0. The first-order chi connectivity index (χ1) is 14.0. The minimum Gasteiger partial charge on any atom is -0.482 e. The minimum atomic E-state index is -0.360. The number of ether oxygens (including phenoxy) is 1. The smallest absolute Gasteiger partial charge is 0.262 e. The lowest BCUT2D eigenvalue weighted by molar-refractivity contribution is -0.118. The van der Waals surface area contributed by atoms with Crippen LogP contribution >= 0.6 is 23.2 Å². The molecule has 6 nitrogen and oxygen atoms in total. The van der Waals surface area contributed by atoms with Crippen LogP contribution < -0.4 is 10.1 Å². The van der Waals surface area contributed by atoms with Crippen molar-refractivity contribution in [2.24, 2.45) is 0 Å². The number of carbonyl (C=O) groups excluding carboxylic acids is 1. The lowest BCUT2D eigenvalue weighted by atomic mass is 10.3. The topological polar surface area (TPSA) is 69.0 Å². The van der Waals surface area contributed by atoms with Crippen LogP contribution in [0.4, 0.5) is 10.1 Å². The summed E-state index contributed by atoms with van der Waals surface area (Å²) >= 11 is 11.9. The Bertz CT molecular complexity index is 1200. The number of hydrogen-bond acceptors (Lipinski definition) is 4. The Morgan fingerprint density at radius 2 is 1.76 bits per heavy atom. The standard InChI is InChI=1S/C20H13Cl2FN4O2/c21-12-1-8-19(16(22)9-12)29-11-20(28)24-14-4-7-17-18(10-14)26-27(25-17)15-5-2-13(23)3-6-15/h1-10H,11H2,(H,24,28). The Morgan fingerprint density at radius 3 is 2.52 bits per heavy atom. The molecule has 1 aromatic heterocycles. The van der Waals surface area contributed by atoms with Crippen molar-refractivity contribution in [1.82, 2.24) is 15.0 Å². The molecule has 0 aliphatic heterocycles. The number of halogens is 3. The Labute approximate surface area is 174 Å². The monoisotopic (exact) mass is 430 g/mol. The van der Waals surface area contributed by atoms with Crippen LogP contribution in [0.3, 0.4) is 0 Å². The summed E-state index contributed by atoms with van der Waals surface area (Å²) in [7, 11) is 0. The van der Waals surface area contributed by atoms with E-state index in [2.05, 4.69) is 15.5 Å². The first-order valence-corrected chi connectivity index (χ1v) is 9.24. The third-order valence-electron chi connectivity index (χ3n) is 3.97. The van der Waals surface area contributed by atoms with E-state index in [9.17, 15) is 9.18 Å². The van der Waals surface area contributed by atoms with Gasteiger partial charge in [-0.1, -0.05) is 23.2 Å². The number of fused-ring (bicyclic) bond motifs is 1. The second kappa shape index (κ2) is 8.06. The van der Waals surface area contributed by atoms with Gasteiger partial charge in [0.2, 0.25) is 0 Å². The van der Waals surface area contributed by atoms with Crippen molar-refractivity contribution in [3.63, 3.8) is 0 Å².